The second kappa shape index (κ2) is 8.62. The van der Waals surface area contributed by atoms with E-state index in [0.717, 1.165) is 27.8 Å². The molecule has 1 fully saturated rings. The van der Waals surface area contributed by atoms with Crippen LogP contribution in [0.4, 0.5) is 4.79 Å². The number of ether oxygens (including phenoxy) is 2. The van der Waals surface area contributed by atoms with E-state index in [4.69, 9.17) is 9.47 Å². The first-order chi connectivity index (χ1) is 16.1. The molecule has 33 heavy (non-hydrogen) atoms. The quantitative estimate of drug-likeness (QED) is 0.594. The third-order valence-electron chi connectivity index (χ3n) is 6.72. The number of fused-ring (bicyclic) bond motifs is 3. The molecule has 1 aliphatic carbocycles. The van der Waals surface area contributed by atoms with Gasteiger partial charge in [0.05, 0.1) is 19.1 Å². The van der Waals surface area contributed by atoms with Crippen molar-refractivity contribution in [1.82, 2.24) is 4.90 Å². The molecule has 1 N–H and O–H groups in total. The first-order valence-corrected chi connectivity index (χ1v) is 11.1. The summed E-state index contributed by atoms with van der Waals surface area (Å²) in [6, 6.07) is 23.0. The molecule has 5 rings (SSSR count). The van der Waals surface area contributed by atoms with Crippen LogP contribution in [0.2, 0.25) is 0 Å². The van der Waals surface area contributed by atoms with Gasteiger partial charge < -0.3 is 19.5 Å². The Kier molecular flexibility index (Phi) is 5.50. The van der Waals surface area contributed by atoms with Gasteiger partial charge in [-0.1, -0.05) is 60.7 Å². The summed E-state index contributed by atoms with van der Waals surface area (Å²) in [6.07, 6.45) is -0.116. The van der Waals surface area contributed by atoms with E-state index in [-0.39, 0.29) is 12.5 Å². The molecule has 3 aromatic carbocycles. The van der Waals surface area contributed by atoms with Crippen LogP contribution in [0.1, 0.15) is 35.1 Å². The van der Waals surface area contributed by atoms with Crippen LogP contribution in [-0.2, 0) is 9.53 Å². The van der Waals surface area contributed by atoms with Crippen molar-refractivity contribution in [2.45, 2.75) is 18.4 Å². The molecule has 6 nitrogen and oxygen atoms in total. The molecular weight excluding hydrogens is 418 g/mol. The molecular formula is C27H25NO5. The molecule has 2 atom stereocenters. The van der Waals surface area contributed by atoms with E-state index in [1.54, 1.807) is 30.2 Å². The Bertz CT molecular complexity index is 1160. The summed E-state index contributed by atoms with van der Waals surface area (Å²) in [5.74, 6) is -1.04. The number of carbonyl (C=O) groups is 2. The van der Waals surface area contributed by atoms with Crippen LogP contribution in [0.3, 0.4) is 0 Å². The molecule has 0 aromatic heterocycles. The number of nitrogens with zero attached hydrogens (tertiary/aromatic N) is 1. The fraction of sp³-hybridized carbons (Fsp3) is 0.259. The number of likely N-dealkylation sites (tertiary alicyclic amines) is 1. The lowest BCUT2D eigenvalue weighted by molar-refractivity contribution is -0.142. The molecule has 3 aromatic rings. The highest BCUT2D eigenvalue weighted by Gasteiger charge is 2.43. The topological polar surface area (TPSA) is 76.1 Å². The van der Waals surface area contributed by atoms with Gasteiger partial charge >= 0.3 is 12.1 Å². The zero-order chi connectivity index (χ0) is 22.9. The molecule has 0 spiro atoms. The molecule has 1 heterocycles. The molecule has 0 saturated carbocycles. The number of carboxylic acid groups (broad SMARTS) is 1. The van der Waals surface area contributed by atoms with Crippen molar-refractivity contribution in [3.8, 4) is 16.9 Å². The Balaban J connectivity index is 1.39. The van der Waals surface area contributed by atoms with Gasteiger partial charge in [0.2, 0.25) is 0 Å². The van der Waals surface area contributed by atoms with Gasteiger partial charge in [-0.25, -0.2) is 4.79 Å². The van der Waals surface area contributed by atoms with Gasteiger partial charge in [0, 0.05) is 12.5 Å². The zero-order valence-electron chi connectivity index (χ0n) is 18.3. The van der Waals surface area contributed by atoms with E-state index in [1.807, 2.05) is 30.3 Å². The van der Waals surface area contributed by atoms with Gasteiger partial charge in [-0.15, -0.1) is 0 Å². The number of aliphatic carboxylic acids is 1. The normalized spacial score (nSPS) is 19.1. The smallest absolute Gasteiger partial charge is 0.410 e. The lowest BCUT2D eigenvalue weighted by Gasteiger charge is -2.27. The highest BCUT2D eigenvalue weighted by molar-refractivity contribution is 5.79. The summed E-state index contributed by atoms with van der Waals surface area (Å²) in [7, 11) is 1.56. The van der Waals surface area contributed by atoms with E-state index in [0.29, 0.717) is 18.7 Å². The van der Waals surface area contributed by atoms with Crippen molar-refractivity contribution >= 4 is 12.1 Å². The van der Waals surface area contributed by atoms with E-state index in [2.05, 4.69) is 24.3 Å². The number of carbonyl (C=O) groups excluding carboxylic acids is 1. The van der Waals surface area contributed by atoms with Gasteiger partial charge in [-0.2, -0.15) is 0 Å². The van der Waals surface area contributed by atoms with Gasteiger partial charge in [-0.3, -0.25) is 4.79 Å². The number of hydrogen-bond acceptors (Lipinski definition) is 4. The lowest BCUT2D eigenvalue weighted by Crippen LogP contribution is -2.34. The van der Waals surface area contributed by atoms with E-state index in [1.165, 1.54) is 0 Å². The summed E-state index contributed by atoms with van der Waals surface area (Å²) in [5, 5.41) is 9.78. The summed E-state index contributed by atoms with van der Waals surface area (Å²) in [4.78, 5) is 26.7. The minimum Gasteiger partial charge on any atom is -0.497 e. The number of hydrogen-bond donors (Lipinski definition) is 1. The van der Waals surface area contributed by atoms with Gasteiger partial charge in [-0.05, 0) is 46.4 Å². The second-order valence-electron chi connectivity index (χ2n) is 8.45. The number of methoxy groups -OCH3 is 1. The van der Waals surface area contributed by atoms with Crippen LogP contribution >= 0.6 is 0 Å². The highest BCUT2D eigenvalue weighted by atomic mass is 16.6. The van der Waals surface area contributed by atoms with Gasteiger partial charge in [0.25, 0.3) is 0 Å². The molecule has 1 aliphatic heterocycles. The van der Waals surface area contributed by atoms with Crippen LogP contribution < -0.4 is 4.74 Å². The maximum Gasteiger partial charge on any atom is 0.410 e. The third-order valence-corrected chi connectivity index (χ3v) is 6.72. The lowest BCUT2D eigenvalue weighted by atomic mass is 9.94. The van der Waals surface area contributed by atoms with Crippen LogP contribution in [0, 0.1) is 5.92 Å². The summed E-state index contributed by atoms with van der Waals surface area (Å²) in [5.41, 5.74) is 5.33. The Morgan fingerprint density at radius 1 is 0.970 bits per heavy atom. The summed E-state index contributed by atoms with van der Waals surface area (Å²) >= 11 is 0. The SMILES string of the molecule is COc1cccc([C@H]2[C@@H](C(=O)O)CCN2C(=O)OCC2c3ccccc3-c3ccccc32)c1. The van der Waals surface area contributed by atoms with Crippen LogP contribution in [-0.4, -0.2) is 42.3 Å². The summed E-state index contributed by atoms with van der Waals surface area (Å²) < 4.78 is 11.1. The third kappa shape index (κ3) is 3.71. The standard InChI is InChI=1S/C27H25NO5/c1-32-18-8-6-7-17(15-18)25-23(26(29)30)13-14-28(25)27(31)33-16-24-21-11-4-2-9-19(21)20-10-3-5-12-22(20)24/h2-12,15,23-25H,13-14,16H2,1H3,(H,29,30)/t23-,25-/m0/s1. The molecule has 1 amide bonds. The van der Waals surface area contributed by atoms with Crippen molar-refractivity contribution in [2.24, 2.45) is 5.92 Å². The largest absolute Gasteiger partial charge is 0.497 e. The summed E-state index contributed by atoms with van der Waals surface area (Å²) in [6.45, 7) is 0.529. The Labute approximate surface area is 192 Å². The first-order valence-electron chi connectivity index (χ1n) is 11.1. The highest BCUT2D eigenvalue weighted by Crippen LogP contribution is 2.45. The number of carboxylic acids is 1. The predicted molar refractivity (Wildman–Crippen MR) is 123 cm³/mol. The number of benzene rings is 3. The van der Waals surface area contributed by atoms with Crippen molar-refractivity contribution in [3.63, 3.8) is 0 Å². The van der Waals surface area contributed by atoms with E-state index in [9.17, 15) is 14.7 Å². The Morgan fingerprint density at radius 3 is 2.27 bits per heavy atom. The molecule has 6 heteroatoms. The van der Waals surface area contributed by atoms with Crippen LogP contribution in [0.25, 0.3) is 11.1 Å². The fourth-order valence-electron chi connectivity index (χ4n) is 5.17. The van der Waals surface area contributed by atoms with Crippen LogP contribution in [0.5, 0.6) is 5.75 Å². The van der Waals surface area contributed by atoms with Gasteiger partial charge in [0.1, 0.15) is 12.4 Å². The molecule has 0 bridgehead atoms. The van der Waals surface area contributed by atoms with Crippen LogP contribution in [0.15, 0.2) is 72.8 Å². The maximum absolute atomic E-state index is 13.2. The van der Waals surface area contributed by atoms with Gasteiger partial charge in [0.15, 0.2) is 0 Å². The minimum atomic E-state index is -0.920. The van der Waals surface area contributed by atoms with E-state index >= 15 is 0 Å². The molecule has 1 saturated heterocycles. The fourth-order valence-corrected chi connectivity index (χ4v) is 5.17. The molecule has 2 aliphatic rings. The number of amides is 1. The van der Waals surface area contributed by atoms with Crippen molar-refractivity contribution < 1.29 is 24.2 Å². The molecule has 0 unspecified atom stereocenters. The Hall–Kier alpha value is -3.80. The van der Waals surface area contributed by atoms with Crippen molar-refractivity contribution in [1.29, 1.82) is 0 Å². The van der Waals surface area contributed by atoms with Crippen molar-refractivity contribution in [3.05, 3.63) is 89.5 Å². The molecule has 168 valence electrons. The molecule has 0 radical (unpaired) electrons. The Morgan fingerprint density at radius 2 is 1.64 bits per heavy atom. The second-order valence-corrected chi connectivity index (χ2v) is 8.45. The first kappa shape index (κ1) is 21.1. The number of rotatable bonds is 5. The maximum atomic E-state index is 13.2. The monoisotopic (exact) mass is 443 g/mol. The average Bonchev–Trinajstić information content (AvgIpc) is 3.43. The predicted octanol–water partition coefficient (Wildman–Crippen LogP) is 5.09. The van der Waals surface area contributed by atoms with E-state index < -0.39 is 24.0 Å². The van der Waals surface area contributed by atoms with Crippen molar-refractivity contribution in [2.75, 3.05) is 20.3 Å². The zero-order valence-corrected chi connectivity index (χ0v) is 18.3. The average molecular weight is 443 g/mol. The minimum absolute atomic E-state index is 0.0468.